The molecule has 2 atom stereocenters. The number of likely N-dealkylation sites (tertiary alicyclic amines) is 1. The van der Waals surface area contributed by atoms with E-state index < -0.39 is 5.41 Å². The first kappa shape index (κ1) is 14.7. The smallest absolute Gasteiger partial charge is 0.271 e. The predicted octanol–water partition coefficient (Wildman–Crippen LogP) is 0.512. The molecule has 0 aromatic carbocycles. The van der Waals surface area contributed by atoms with E-state index in [-0.39, 0.29) is 17.7 Å². The molecule has 7 nitrogen and oxygen atoms in total. The van der Waals surface area contributed by atoms with E-state index in [2.05, 4.69) is 15.3 Å². The van der Waals surface area contributed by atoms with Crippen LogP contribution in [0, 0.1) is 11.3 Å². The van der Waals surface area contributed by atoms with E-state index in [0.29, 0.717) is 44.3 Å². The van der Waals surface area contributed by atoms with Crippen molar-refractivity contribution in [1.82, 2.24) is 20.2 Å². The lowest BCUT2D eigenvalue weighted by Gasteiger charge is -2.36. The molecular formula is C16H22N4O3. The Kier molecular flexibility index (Phi) is 3.41. The third-order valence-electron chi connectivity index (χ3n) is 5.46. The van der Waals surface area contributed by atoms with E-state index >= 15 is 0 Å². The van der Waals surface area contributed by atoms with Gasteiger partial charge in [-0.25, -0.2) is 4.98 Å². The number of H-pyrrole nitrogens is 1. The van der Waals surface area contributed by atoms with Gasteiger partial charge >= 0.3 is 0 Å². The number of hydrogen-bond acceptors (Lipinski definition) is 4. The van der Waals surface area contributed by atoms with E-state index in [1.54, 1.807) is 18.1 Å². The third-order valence-corrected chi connectivity index (χ3v) is 5.46. The molecule has 1 aromatic heterocycles. The lowest BCUT2D eigenvalue weighted by atomic mass is 9.73. The van der Waals surface area contributed by atoms with Crippen LogP contribution in [-0.2, 0) is 9.53 Å². The maximum atomic E-state index is 12.8. The normalized spacial score (nSPS) is 30.1. The van der Waals surface area contributed by atoms with Crippen LogP contribution in [0.1, 0.15) is 41.5 Å². The average molecular weight is 318 g/mol. The topological polar surface area (TPSA) is 87.3 Å². The van der Waals surface area contributed by atoms with Crippen LogP contribution in [0.25, 0.3) is 0 Å². The van der Waals surface area contributed by atoms with Crippen LogP contribution in [0.2, 0.25) is 0 Å². The van der Waals surface area contributed by atoms with E-state index in [1.807, 2.05) is 0 Å². The van der Waals surface area contributed by atoms with Gasteiger partial charge in [0.15, 0.2) is 0 Å². The first-order valence-corrected chi connectivity index (χ1v) is 8.28. The van der Waals surface area contributed by atoms with Crippen LogP contribution in [0.5, 0.6) is 0 Å². The summed E-state index contributed by atoms with van der Waals surface area (Å²) in [5.74, 6) is 1.41. The van der Waals surface area contributed by atoms with Gasteiger partial charge in [0, 0.05) is 38.6 Å². The summed E-state index contributed by atoms with van der Waals surface area (Å²) in [6.07, 6.45) is 4.58. The molecule has 2 amide bonds. The Bertz CT molecular complexity index is 639. The zero-order valence-corrected chi connectivity index (χ0v) is 13.3. The van der Waals surface area contributed by atoms with Gasteiger partial charge in [0.2, 0.25) is 5.91 Å². The van der Waals surface area contributed by atoms with E-state index in [0.717, 1.165) is 18.7 Å². The van der Waals surface area contributed by atoms with Crippen molar-refractivity contribution in [1.29, 1.82) is 0 Å². The largest absolute Gasteiger partial charge is 0.381 e. The molecular weight excluding hydrogens is 296 g/mol. The lowest BCUT2D eigenvalue weighted by molar-refractivity contribution is -0.138. The molecule has 3 heterocycles. The molecule has 3 aliphatic rings. The van der Waals surface area contributed by atoms with Crippen molar-refractivity contribution in [3.8, 4) is 0 Å². The van der Waals surface area contributed by atoms with Crippen LogP contribution in [0.15, 0.2) is 6.20 Å². The Hall–Kier alpha value is -1.89. The number of ether oxygens (including phenoxy) is 1. The number of carbonyl (C=O) groups is 2. The fourth-order valence-electron chi connectivity index (χ4n) is 3.90. The molecule has 1 saturated carbocycles. The average Bonchev–Trinajstić information content (AvgIpc) is 3.17. The molecule has 2 aliphatic heterocycles. The van der Waals surface area contributed by atoms with Crippen molar-refractivity contribution in [2.45, 2.75) is 25.2 Å². The number of fused-ring (bicyclic) bond motifs is 1. The van der Waals surface area contributed by atoms with Gasteiger partial charge in [-0.05, 0) is 19.3 Å². The summed E-state index contributed by atoms with van der Waals surface area (Å²) in [5.41, 5.74) is 0.0145. The Morgan fingerprint density at radius 3 is 3.04 bits per heavy atom. The highest BCUT2D eigenvalue weighted by Gasteiger charge is 2.54. The van der Waals surface area contributed by atoms with Gasteiger partial charge in [-0.3, -0.25) is 9.59 Å². The third kappa shape index (κ3) is 2.34. The monoisotopic (exact) mass is 318 g/mol. The standard InChI is InChI=1S/C16H22N4O3/c1-17-15(22)16-4-5-23-8-11(16)7-20(9-16)14(21)12-6-18-13(19-12)10-2-3-10/h6,10-11H,2-5,7-9H2,1H3,(H,17,22)(H,18,19)/t11-,16+/m1/s1. The second-order valence-corrected chi connectivity index (χ2v) is 6.90. The van der Waals surface area contributed by atoms with Crippen molar-refractivity contribution in [3.63, 3.8) is 0 Å². The summed E-state index contributed by atoms with van der Waals surface area (Å²) in [4.78, 5) is 34.5. The highest BCUT2D eigenvalue weighted by atomic mass is 16.5. The minimum absolute atomic E-state index is 0.0179. The molecule has 0 unspecified atom stereocenters. The molecule has 3 fully saturated rings. The number of nitrogens with zero attached hydrogens (tertiary/aromatic N) is 2. The zero-order valence-electron chi connectivity index (χ0n) is 13.3. The number of amides is 2. The second kappa shape index (κ2) is 5.33. The summed E-state index contributed by atoms with van der Waals surface area (Å²) in [6.45, 7) is 2.12. The molecule has 1 aromatic rings. The number of nitrogens with one attached hydrogen (secondary N) is 2. The molecule has 2 N–H and O–H groups in total. The first-order valence-electron chi connectivity index (χ1n) is 8.28. The SMILES string of the molecule is CNC(=O)[C@]12CCOC[C@H]1CN(C(=O)c1cnc(C3CC3)[nH]1)C2. The first-order chi connectivity index (χ1) is 11.1. The summed E-state index contributed by atoms with van der Waals surface area (Å²) < 4.78 is 5.54. The van der Waals surface area contributed by atoms with Gasteiger partial charge in [-0.2, -0.15) is 0 Å². The van der Waals surface area contributed by atoms with Crippen molar-refractivity contribution in [3.05, 3.63) is 17.7 Å². The molecule has 2 saturated heterocycles. The fourth-order valence-corrected chi connectivity index (χ4v) is 3.90. The van der Waals surface area contributed by atoms with Gasteiger partial charge in [0.1, 0.15) is 11.5 Å². The van der Waals surface area contributed by atoms with Crippen LogP contribution < -0.4 is 5.32 Å². The summed E-state index contributed by atoms with van der Waals surface area (Å²) >= 11 is 0. The molecule has 1 aliphatic carbocycles. The van der Waals surface area contributed by atoms with Crippen molar-refractivity contribution < 1.29 is 14.3 Å². The fraction of sp³-hybridized carbons (Fsp3) is 0.688. The second-order valence-electron chi connectivity index (χ2n) is 6.90. The number of carbonyl (C=O) groups excluding carboxylic acids is 2. The predicted molar refractivity (Wildman–Crippen MR) is 81.9 cm³/mol. The van der Waals surface area contributed by atoms with Gasteiger partial charge in [-0.15, -0.1) is 0 Å². The van der Waals surface area contributed by atoms with Gasteiger partial charge < -0.3 is 19.9 Å². The highest BCUT2D eigenvalue weighted by Crippen LogP contribution is 2.43. The van der Waals surface area contributed by atoms with Gasteiger partial charge in [-0.1, -0.05) is 0 Å². The molecule has 0 radical (unpaired) electrons. The van der Waals surface area contributed by atoms with Crippen LogP contribution in [0.4, 0.5) is 0 Å². The number of aromatic amines is 1. The Balaban J connectivity index is 1.55. The van der Waals surface area contributed by atoms with Crippen LogP contribution >= 0.6 is 0 Å². The Morgan fingerprint density at radius 2 is 2.30 bits per heavy atom. The van der Waals surface area contributed by atoms with E-state index in [9.17, 15) is 9.59 Å². The van der Waals surface area contributed by atoms with Gasteiger partial charge in [0.05, 0.1) is 18.2 Å². The minimum atomic E-state index is -0.512. The zero-order chi connectivity index (χ0) is 16.0. The van der Waals surface area contributed by atoms with Crippen LogP contribution in [-0.4, -0.2) is 60.0 Å². The van der Waals surface area contributed by atoms with Crippen molar-refractivity contribution in [2.24, 2.45) is 11.3 Å². The molecule has 7 heteroatoms. The molecule has 0 bridgehead atoms. The van der Waals surface area contributed by atoms with E-state index in [4.69, 9.17) is 4.74 Å². The summed E-state index contributed by atoms with van der Waals surface area (Å²) in [7, 11) is 1.66. The minimum Gasteiger partial charge on any atom is -0.381 e. The summed E-state index contributed by atoms with van der Waals surface area (Å²) in [5, 5.41) is 2.77. The Labute approximate surface area is 134 Å². The number of aromatic nitrogens is 2. The quantitative estimate of drug-likeness (QED) is 0.850. The van der Waals surface area contributed by atoms with Gasteiger partial charge in [0.25, 0.3) is 5.91 Å². The molecule has 4 rings (SSSR count). The summed E-state index contributed by atoms with van der Waals surface area (Å²) in [6, 6.07) is 0. The number of hydrogen-bond donors (Lipinski definition) is 2. The molecule has 124 valence electrons. The van der Waals surface area contributed by atoms with E-state index in [1.165, 1.54) is 0 Å². The Morgan fingerprint density at radius 1 is 1.48 bits per heavy atom. The molecule has 0 spiro atoms. The maximum Gasteiger partial charge on any atom is 0.271 e. The molecule has 23 heavy (non-hydrogen) atoms. The van der Waals surface area contributed by atoms with Crippen molar-refractivity contribution >= 4 is 11.8 Å². The van der Waals surface area contributed by atoms with Crippen LogP contribution in [0.3, 0.4) is 0 Å². The maximum absolute atomic E-state index is 12.8. The van der Waals surface area contributed by atoms with Crippen molar-refractivity contribution in [2.75, 3.05) is 33.4 Å². The number of imidazole rings is 1. The highest BCUT2D eigenvalue weighted by molar-refractivity contribution is 5.94. The lowest BCUT2D eigenvalue weighted by Crippen LogP contribution is -2.49. The number of rotatable bonds is 3.